The van der Waals surface area contributed by atoms with Crippen molar-refractivity contribution in [2.45, 2.75) is 41.2 Å². The summed E-state index contributed by atoms with van der Waals surface area (Å²) in [7, 11) is 1.96. The van der Waals surface area contributed by atoms with Crippen molar-refractivity contribution in [3.63, 3.8) is 0 Å². The molecule has 1 aromatic heterocycles. The molecular formula is C26H38N4O4. The number of benzene rings is 1. The van der Waals surface area contributed by atoms with Gasteiger partial charge in [-0.1, -0.05) is 27.7 Å². The van der Waals surface area contributed by atoms with Gasteiger partial charge in [0.1, 0.15) is 6.54 Å². The van der Waals surface area contributed by atoms with Crippen LogP contribution in [-0.2, 0) is 23.1 Å². The van der Waals surface area contributed by atoms with Gasteiger partial charge in [0.25, 0.3) is 0 Å². The minimum absolute atomic E-state index is 0.0118. The van der Waals surface area contributed by atoms with E-state index >= 15 is 0 Å². The third-order valence-corrected chi connectivity index (χ3v) is 5.19. The number of carbonyl (C=O) groups is 3. The largest absolute Gasteiger partial charge is 0.462 e. The number of hydrogen-bond acceptors (Lipinski definition) is 4. The minimum Gasteiger partial charge on any atom is -0.462 e. The number of ether oxygens (including phenoxy) is 1. The third kappa shape index (κ3) is 8.24. The summed E-state index contributed by atoms with van der Waals surface area (Å²) in [6.45, 7) is 11.7. The quantitative estimate of drug-likeness (QED) is 0.494. The molecule has 0 aliphatic carbocycles. The summed E-state index contributed by atoms with van der Waals surface area (Å²) in [6.07, 6.45) is 1.96. The first-order chi connectivity index (χ1) is 16.1. The highest BCUT2D eigenvalue weighted by atomic mass is 16.5. The van der Waals surface area contributed by atoms with Crippen LogP contribution < -0.4 is 5.32 Å². The summed E-state index contributed by atoms with van der Waals surface area (Å²) in [5.74, 6) is -0.00935. The number of esters is 1. The number of urea groups is 1. The van der Waals surface area contributed by atoms with Gasteiger partial charge in [-0.2, -0.15) is 0 Å². The van der Waals surface area contributed by atoms with Crippen molar-refractivity contribution >= 4 is 23.6 Å². The van der Waals surface area contributed by atoms with Crippen molar-refractivity contribution in [2.24, 2.45) is 18.9 Å². The van der Waals surface area contributed by atoms with Crippen LogP contribution in [-0.4, -0.2) is 58.5 Å². The maximum Gasteiger partial charge on any atom is 0.338 e. The molecule has 0 saturated carbocycles. The third-order valence-electron chi connectivity index (χ3n) is 5.19. The van der Waals surface area contributed by atoms with E-state index < -0.39 is 5.97 Å². The topological polar surface area (TPSA) is 83.9 Å². The van der Waals surface area contributed by atoms with Gasteiger partial charge in [0.05, 0.1) is 18.7 Å². The lowest BCUT2D eigenvalue weighted by Gasteiger charge is -2.30. The van der Waals surface area contributed by atoms with Crippen LogP contribution >= 0.6 is 0 Å². The fourth-order valence-electron chi connectivity index (χ4n) is 3.58. The monoisotopic (exact) mass is 470 g/mol. The molecule has 8 heteroatoms. The molecule has 3 amide bonds. The summed E-state index contributed by atoms with van der Waals surface area (Å²) in [5.41, 5.74) is 2.00. The van der Waals surface area contributed by atoms with Crippen molar-refractivity contribution in [2.75, 3.05) is 31.6 Å². The first kappa shape index (κ1) is 27.0. The smallest absolute Gasteiger partial charge is 0.338 e. The normalized spacial score (nSPS) is 10.9. The summed E-state index contributed by atoms with van der Waals surface area (Å²) in [5, 5.41) is 2.85. The Labute approximate surface area is 202 Å². The highest BCUT2D eigenvalue weighted by Gasteiger charge is 2.23. The van der Waals surface area contributed by atoms with Gasteiger partial charge in [0.15, 0.2) is 0 Å². The van der Waals surface area contributed by atoms with Gasteiger partial charge in [0, 0.05) is 37.7 Å². The maximum atomic E-state index is 13.3. The second-order valence-corrected chi connectivity index (χ2v) is 9.28. The van der Waals surface area contributed by atoms with Gasteiger partial charge in [-0.05, 0) is 55.2 Å². The number of rotatable bonds is 11. The number of aryl methyl sites for hydroxylation is 1. The van der Waals surface area contributed by atoms with Gasteiger partial charge in [0.2, 0.25) is 5.91 Å². The lowest BCUT2D eigenvalue weighted by molar-refractivity contribution is -0.133. The van der Waals surface area contributed by atoms with Crippen LogP contribution in [0.1, 0.15) is 50.7 Å². The van der Waals surface area contributed by atoms with E-state index in [-0.39, 0.29) is 24.4 Å². The highest BCUT2D eigenvalue weighted by molar-refractivity contribution is 5.94. The summed E-state index contributed by atoms with van der Waals surface area (Å²) in [4.78, 5) is 41.6. The number of hydrogen-bond donors (Lipinski definition) is 1. The van der Waals surface area contributed by atoms with E-state index in [1.54, 1.807) is 36.1 Å². The number of carbonyl (C=O) groups excluding carboxylic acids is 3. The number of anilines is 1. The fraction of sp³-hybridized carbons (Fsp3) is 0.500. The molecule has 1 N–H and O–H groups in total. The Morgan fingerprint density at radius 1 is 0.971 bits per heavy atom. The molecule has 0 radical (unpaired) electrons. The van der Waals surface area contributed by atoms with Crippen molar-refractivity contribution in [1.29, 1.82) is 0 Å². The molecular weight excluding hydrogens is 432 g/mol. The van der Waals surface area contributed by atoms with Crippen LogP contribution in [0.5, 0.6) is 0 Å². The fourth-order valence-corrected chi connectivity index (χ4v) is 3.58. The van der Waals surface area contributed by atoms with E-state index in [4.69, 9.17) is 4.74 Å². The molecule has 0 aliphatic heterocycles. The predicted molar refractivity (Wildman–Crippen MR) is 133 cm³/mol. The SMILES string of the molecule is CCOC(=O)c1ccc(NC(=O)N(CC(=O)N(Cc2cccn2C)CC(C)C)CC(C)C)cc1. The zero-order valence-corrected chi connectivity index (χ0v) is 21.2. The van der Waals surface area contributed by atoms with Crippen LogP contribution in [0, 0.1) is 11.8 Å². The summed E-state index contributed by atoms with van der Waals surface area (Å²) in [6, 6.07) is 10.1. The molecule has 186 valence electrons. The Balaban J connectivity index is 2.11. The molecule has 0 saturated heterocycles. The Morgan fingerprint density at radius 2 is 1.59 bits per heavy atom. The molecule has 2 aromatic rings. The van der Waals surface area contributed by atoms with Gasteiger partial charge in [-0.15, -0.1) is 0 Å². The van der Waals surface area contributed by atoms with E-state index in [1.807, 2.05) is 48.7 Å². The Hall–Kier alpha value is -3.29. The van der Waals surface area contributed by atoms with E-state index in [0.29, 0.717) is 43.4 Å². The van der Waals surface area contributed by atoms with Crippen LogP contribution in [0.3, 0.4) is 0 Å². The van der Waals surface area contributed by atoms with Gasteiger partial charge < -0.3 is 24.4 Å². The second-order valence-electron chi connectivity index (χ2n) is 9.28. The average Bonchev–Trinajstić information content (AvgIpc) is 3.17. The zero-order chi connectivity index (χ0) is 25.3. The Kier molecular flexibility index (Phi) is 10.2. The molecule has 0 bridgehead atoms. The van der Waals surface area contributed by atoms with Gasteiger partial charge in [-0.3, -0.25) is 4.79 Å². The van der Waals surface area contributed by atoms with Crippen LogP contribution in [0.4, 0.5) is 10.5 Å². The van der Waals surface area contributed by atoms with Crippen LogP contribution in [0.25, 0.3) is 0 Å². The Bertz CT molecular complexity index is 950. The van der Waals surface area contributed by atoms with E-state index in [2.05, 4.69) is 19.2 Å². The van der Waals surface area contributed by atoms with Crippen LogP contribution in [0.2, 0.25) is 0 Å². The number of amides is 3. The minimum atomic E-state index is -0.407. The average molecular weight is 471 g/mol. The molecule has 1 aromatic carbocycles. The first-order valence-electron chi connectivity index (χ1n) is 11.8. The molecule has 0 fully saturated rings. The highest BCUT2D eigenvalue weighted by Crippen LogP contribution is 2.14. The molecule has 0 unspecified atom stereocenters. The second kappa shape index (κ2) is 12.8. The molecule has 2 rings (SSSR count). The van der Waals surface area contributed by atoms with Gasteiger partial charge in [-0.25, -0.2) is 9.59 Å². The molecule has 0 spiro atoms. The Morgan fingerprint density at radius 3 is 2.12 bits per heavy atom. The summed E-state index contributed by atoms with van der Waals surface area (Å²) >= 11 is 0. The van der Waals surface area contributed by atoms with Crippen molar-refractivity contribution in [1.82, 2.24) is 14.4 Å². The predicted octanol–water partition coefficient (Wildman–Crippen LogP) is 4.38. The maximum absolute atomic E-state index is 13.3. The summed E-state index contributed by atoms with van der Waals surface area (Å²) < 4.78 is 6.99. The lowest BCUT2D eigenvalue weighted by Crippen LogP contribution is -2.46. The van der Waals surface area contributed by atoms with E-state index in [1.165, 1.54) is 0 Å². The first-order valence-corrected chi connectivity index (χ1v) is 11.8. The molecule has 0 atom stereocenters. The molecule has 34 heavy (non-hydrogen) atoms. The zero-order valence-electron chi connectivity index (χ0n) is 21.2. The standard InChI is InChI=1S/C26H38N4O4/c1-7-34-25(32)21-10-12-22(13-11-21)27-26(33)30(16-20(4)5)18-24(31)29(15-19(2)3)17-23-9-8-14-28(23)6/h8-14,19-20H,7,15-18H2,1-6H3,(H,27,33). The van der Waals surface area contributed by atoms with E-state index in [9.17, 15) is 14.4 Å². The van der Waals surface area contributed by atoms with Gasteiger partial charge >= 0.3 is 12.0 Å². The number of nitrogens with zero attached hydrogens (tertiary/aromatic N) is 3. The van der Waals surface area contributed by atoms with Crippen LogP contribution in [0.15, 0.2) is 42.6 Å². The molecule has 0 aliphatic rings. The molecule has 1 heterocycles. The van der Waals surface area contributed by atoms with Crippen molar-refractivity contribution < 1.29 is 19.1 Å². The number of aromatic nitrogens is 1. The van der Waals surface area contributed by atoms with Crippen molar-refractivity contribution in [3.05, 3.63) is 53.9 Å². The molecule has 8 nitrogen and oxygen atoms in total. The van der Waals surface area contributed by atoms with E-state index in [0.717, 1.165) is 5.69 Å². The number of nitrogens with one attached hydrogen (secondary N) is 1. The lowest BCUT2D eigenvalue weighted by atomic mass is 10.2. The van der Waals surface area contributed by atoms with Crippen molar-refractivity contribution in [3.8, 4) is 0 Å².